The van der Waals surface area contributed by atoms with Crippen LogP contribution in [0, 0.1) is 0 Å². The summed E-state index contributed by atoms with van der Waals surface area (Å²) in [4.78, 5) is 13.0. The van der Waals surface area contributed by atoms with Crippen LogP contribution in [0.2, 0.25) is 5.02 Å². The normalized spacial score (nSPS) is 11.4. The van der Waals surface area contributed by atoms with Crippen molar-refractivity contribution >= 4 is 39.9 Å². The van der Waals surface area contributed by atoms with Crippen LogP contribution in [0.5, 0.6) is 0 Å². The van der Waals surface area contributed by atoms with Gasteiger partial charge in [-0.15, -0.1) is 5.10 Å². The van der Waals surface area contributed by atoms with E-state index < -0.39 is 0 Å². The van der Waals surface area contributed by atoms with Crippen LogP contribution in [0.25, 0.3) is 11.0 Å². The Hall–Kier alpha value is -1.72. The number of furan rings is 1. The Kier molecular flexibility index (Phi) is 3.31. The molecular formula is C14H11ClN2O2S. The molecular weight excluding hydrogens is 296 g/mol. The van der Waals surface area contributed by atoms with Gasteiger partial charge in [-0.05, 0) is 41.7 Å². The molecule has 0 N–H and O–H groups in total. The van der Waals surface area contributed by atoms with Crippen molar-refractivity contribution in [2.75, 3.05) is 0 Å². The van der Waals surface area contributed by atoms with E-state index in [-0.39, 0.29) is 17.5 Å². The standard InChI is InChI=1S/C14H11ClN2O2S/c1-7(2)12-14(20-17-16-12)13(18)11-6-8-5-9(15)3-4-10(8)19-11/h3-7H,1-2H3. The molecule has 4 nitrogen and oxygen atoms in total. The third-order valence-electron chi connectivity index (χ3n) is 2.97. The SMILES string of the molecule is CC(C)c1nnsc1C(=O)c1cc2cc(Cl)ccc2o1. The van der Waals surface area contributed by atoms with Crippen LogP contribution in [-0.2, 0) is 0 Å². The molecule has 1 aromatic carbocycles. The molecule has 3 aromatic rings. The number of carbonyl (C=O) groups is 1. The second-order valence-electron chi connectivity index (χ2n) is 4.76. The van der Waals surface area contributed by atoms with Gasteiger partial charge in [-0.25, -0.2) is 0 Å². The first kappa shape index (κ1) is 13.3. The maximum absolute atomic E-state index is 12.5. The molecule has 0 aliphatic rings. The van der Waals surface area contributed by atoms with Gasteiger partial charge in [0.25, 0.3) is 0 Å². The lowest BCUT2D eigenvalue weighted by Gasteiger charge is -2.00. The third-order valence-corrected chi connectivity index (χ3v) is 3.94. The molecule has 0 unspecified atom stereocenters. The lowest BCUT2D eigenvalue weighted by atomic mass is 10.1. The number of benzene rings is 1. The molecule has 20 heavy (non-hydrogen) atoms. The van der Waals surface area contributed by atoms with Crippen molar-refractivity contribution in [2.45, 2.75) is 19.8 Å². The topological polar surface area (TPSA) is 56.0 Å². The molecule has 0 fully saturated rings. The number of nitrogens with zero attached hydrogens (tertiary/aromatic N) is 2. The van der Waals surface area contributed by atoms with Crippen LogP contribution in [0.1, 0.15) is 40.9 Å². The molecule has 0 atom stereocenters. The van der Waals surface area contributed by atoms with Gasteiger partial charge in [0.1, 0.15) is 10.5 Å². The molecule has 0 aliphatic carbocycles. The lowest BCUT2D eigenvalue weighted by molar-refractivity contribution is 0.101. The predicted molar refractivity (Wildman–Crippen MR) is 78.7 cm³/mol. The molecule has 0 bridgehead atoms. The van der Waals surface area contributed by atoms with E-state index >= 15 is 0 Å². The van der Waals surface area contributed by atoms with Gasteiger partial charge in [0.05, 0.1) is 5.69 Å². The second kappa shape index (κ2) is 5.00. The van der Waals surface area contributed by atoms with E-state index in [1.165, 1.54) is 0 Å². The number of fused-ring (bicyclic) bond motifs is 1. The van der Waals surface area contributed by atoms with E-state index in [2.05, 4.69) is 9.59 Å². The summed E-state index contributed by atoms with van der Waals surface area (Å²) in [5.74, 6) is 0.248. The average molecular weight is 307 g/mol. The zero-order chi connectivity index (χ0) is 14.3. The quantitative estimate of drug-likeness (QED) is 0.677. The summed E-state index contributed by atoms with van der Waals surface area (Å²) in [6, 6.07) is 6.96. The van der Waals surface area contributed by atoms with Crippen molar-refractivity contribution < 1.29 is 9.21 Å². The van der Waals surface area contributed by atoms with Gasteiger partial charge in [0.15, 0.2) is 5.76 Å². The maximum Gasteiger partial charge on any atom is 0.241 e. The number of hydrogen-bond donors (Lipinski definition) is 0. The fourth-order valence-corrected chi connectivity index (χ4v) is 2.92. The molecule has 0 amide bonds. The molecule has 0 spiro atoms. The van der Waals surface area contributed by atoms with Gasteiger partial charge in [-0.3, -0.25) is 4.79 Å². The highest BCUT2D eigenvalue weighted by molar-refractivity contribution is 7.08. The Bertz CT molecular complexity index is 791. The fourth-order valence-electron chi connectivity index (χ4n) is 1.97. The zero-order valence-corrected chi connectivity index (χ0v) is 12.5. The number of carbonyl (C=O) groups excluding carboxylic acids is 1. The number of rotatable bonds is 3. The molecule has 102 valence electrons. The van der Waals surface area contributed by atoms with Crippen molar-refractivity contribution in [1.82, 2.24) is 9.59 Å². The third kappa shape index (κ3) is 2.23. The molecule has 2 aromatic heterocycles. The van der Waals surface area contributed by atoms with Gasteiger partial charge in [-0.2, -0.15) is 0 Å². The summed E-state index contributed by atoms with van der Waals surface area (Å²) in [5, 5.41) is 5.44. The first-order valence-electron chi connectivity index (χ1n) is 6.12. The molecule has 3 rings (SSSR count). The van der Waals surface area contributed by atoms with Crippen molar-refractivity contribution in [3.63, 3.8) is 0 Å². The smallest absolute Gasteiger partial charge is 0.241 e. The fraction of sp³-hybridized carbons (Fsp3) is 0.214. The maximum atomic E-state index is 12.5. The van der Waals surface area contributed by atoms with Crippen LogP contribution in [0.15, 0.2) is 28.7 Å². The van der Waals surface area contributed by atoms with Gasteiger partial charge in [0, 0.05) is 10.4 Å². The number of hydrogen-bond acceptors (Lipinski definition) is 5. The largest absolute Gasteiger partial charge is 0.453 e. The van der Waals surface area contributed by atoms with Crippen molar-refractivity contribution in [3.8, 4) is 0 Å². The number of aromatic nitrogens is 2. The minimum Gasteiger partial charge on any atom is -0.453 e. The summed E-state index contributed by atoms with van der Waals surface area (Å²) in [6.07, 6.45) is 0. The summed E-state index contributed by atoms with van der Waals surface area (Å²) < 4.78 is 9.45. The Balaban J connectivity index is 2.06. The molecule has 0 saturated heterocycles. The second-order valence-corrected chi connectivity index (χ2v) is 5.95. The van der Waals surface area contributed by atoms with Gasteiger partial charge < -0.3 is 4.42 Å². The molecule has 2 heterocycles. The van der Waals surface area contributed by atoms with E-state index in [1.807, 2.05) is 13.8 Å². The van der Waals surface area contributed by atoms with E-state index in [0.717, 1.165) is 16.9 Å². The Labute approximate surface area is 124 Å². The molecule has 0 aliphatic heterocycles. The van der Waals surface area contributed by atoms with E-state index in [9.17, 15) is 4.79 Å². The number of halogens is 1. The van der Waals surface area contributed by atoms with Crippen molar-refractivity contribution in [3.05, 3.63) is 45.6 Å². The minimum absolute atomic E-state index is 0.145. The van der Waals surface area contributed by atoms with Crippen LogP contribution in [0.3, 0.4) is 0 Å². The molecule has 6 heteroatoms. The monoisotopic (exact) mass is 306 g/mol. The van der Waals surface area contributed by atoms with Crippen molar-refractivity contribution in [2.24, 2.45) is 0 Å². The van der Waals surface area contributed by atoms with E-state index in [4.69, 9.17) is 16.0 Å². The Morgan fingerprint density at radius 2 is 2.15 bits per heavy atom. The van der Waals surface area contributed by atoms with Gasteiger partial charge in [0.2, 0.25) is 5.78 Å². The van der Waals surface area contributed by atoms with E-state index in [1.54, 1.807) is 24.3 Å². The number of ketones is 1. The Morgan fingerprint density at radius 1 is 1.35 bits per heavy atom. The highest BCUT2D eigenvalue weighted by Crippen LogP contribution is 2.27. The minimum atomic E-state index is -0.184. The lowest BCUT2D eigenvalue weighted by Crippen LogP contribution is -2.02. The summed E-state index contributed by atoms with van der Waals surface area (Å²) >= 11 is 7.03. The van der Waals surface area contributed by atoms with Crippen LogP contribution in [-0.4, -0.2) is 15.4 Å². The van der Waals surface area contributed by atoms with Crippen molar-refractivity contribution in [1.29, 1.82) is 0 Å². The highest BCUT2D eigenvalue weighted by Gasteiger charge is 2.23. The van der Waals surface area contributed by atoms with Crippen LogP contribution < -0.4 is 0 Å². The Morgan fingerprint density at radius 3 is 2.90 bits per heavy atom. The average Bonchev–Trinajstić information content (AvgIpc) is 3.03. The van der Waals surface area contributed by atoms with Gasteiger partial charge >= 0.3 is 0 Å². The predicted octanol–water partition coefficient (Wildman–Crippen LogP) is 4.29. The summed E-state index contributed by atoms with van der Waals surface area (Å²) in [6.45, 7) is 3.96. The van der Waals surface area contributed by atoms with Gasteiger partial charge in [-0.1, -0.05) is 29.9 Å². The first-order valence-corrected chi connectivity index (χ1v) is 7.27. The summed E-state index contributed by atoms with van der Waals surface area (Å²) in [5.41, 5.74) is 1.35. The van der Waals surface area contributed by atoms with Crippen LogP contribution >= 0.6 is 23.1 Å². The molecule has 0 radical (unpaired) electrons. The zero-order valence-electron chi connectivity index (χ0n) is 10.9. The first-order chi connectivity index (χ1) is 9.56. The highest BCUT2D eigenvalue weighted by atomic mass is 35.5. The molecule has 0 saturated carbocycles. The van der Waals surface area contributed by atoms with E-state index in [0.29, 0.717) is 21.2 Å². The summed E-state index contributed by atoms with van der Waals surface area (Å²) in [7, 11) is 0. The van der Waals surface area contributed by atoms with Crippen LogP contribution in [0.4, 0.5) is 0 Å².